The van der Waals surface area contributed by atoms with Crippen LogP contribution in [0.5, 0.6) is 0 Å². The van der Waals surface area contributed by atoms with E-state index in [4.69, 9.17) is 0 Å². The number of rotatable bonds is 2. The smallest absolute Gasteiger partial charge is 0.0404 e. The molecule has 0 saturated carbocycles. The summed E-state index contributed by atoms with van der Waals surface area (Å²) in [5.41, 5.74) is 4.37. The number of nitrogens with zero attached hydrogens (tertiary/aromatic N) is 1. The highest BCUT2D eigenvalue weighted by atomic mass is 15.2. The molecule has 0 N–H and O–H groups in total. The molecule has 76 valence electrons. The average molecular weight is 189 g/mol. The van der Waals surface area contributed by atoms with Gasteiger partial charge >= 0.3 is 0 Å². The topological polar surface area (TPSA) is 3.24 Å². The van der Waals surface area contributed by atoms with E-state index in [0.717, 1.165) is 0 Å². The first-order valence-corrected chi connectivity index (χ1v) is 5.58. The lowest BCUT2D eigenvalue weighted by Crippen LogP contribution is -2.30. The standard InChI is InChI=1S/C13H19N/c1-4-11(3)14-8-7-12-6-5-10(2)9-13(12)14/h5-6,9,11H,4,7-8H2,1-3H3. The molecule has 1 aliphatic rings. The zero-order valence-electron chi connectivity index (χ0n) is 9.38. The molecular weight excluding hydrogens is 170 g/mol. The summed E-state index contributed by atoms with van der Waals surface area (Å²) in [5, 5.41) is 0. The minimum atomic E-state index is 0.679. The van der Waals surface area contributed by atoms with Gasteiger partial charge in [-0.15, -0.1) is 0 Å². The van der Waals surface area contributed by atoms with Crippen molar-refractivity contribution in [1.82, 2.24) is 0 Å². The van der Waals surface area contributed by atoms with Crippen molar-refractivity contribution in [3.8, 4) is 0 Å². The lowest BCUT2D eigenvalue weighted by atomic mass is 10.1. The van der Waals surface area contributed by atoms with Gasteiger partial charge in [-0.05, 0) is 43.9 Å². The fraction of sp³-hybridized carbons (Fsp3) is 0.538. The molecule has 0 fully saturated rings. The highest BCUT2D eigenvalue weighted by Gasteiger charge is 2.21. The van der Waals surface area contributed by atoms with Crippen LogP contribution in [-0.4, -0.2) is 12.6 Å². The van der Waals surface area contributed by atoms with Gasteiger partial charge in [0, 0.05) is 18.3 Å². The van der Waals surface area contributed by atoms with E-state index < -0.39 is 0 Å². The van der Waals surface area contributed by atoms with Gasteiger partial charge < -0.3 is 4.90 Å². The van der Waals surface area contributed by atoms with E-state index in [9.17, 15) is 0 Å². The van der Waals surface area contributed by atoms with Gasteiger partial charge in [0.05, 0.1) is 0 Å². The summed E-state index contributed by atoms with van der Waals surface area (Å²) in [5.74, 6) is 0. The van der Waals surface area contributed by atoms with Crippen LogP contribution in [0, 0.1) is 6.92 Å². The molecule has 1 aromatic carbocycles. The van der Waals surface area contributed by atoms with Gasteiger partial charge in [0.1, 0.15) is 0 Å². The molecular formula is C13H19N. The molecule has 1 heterocycles. The number of anilines is 1. The Morgan fingerprint density at radius 3 is 2.93 bits per heavy atom. The second-order valence-corrected chi connectivity index (χ2v) is 4.33. The van der Waals surface area contributed by atoms with Crippen LogP contribution in [0.4, 0.5) is 5.69 Å². The summed E-state index contributed by atoms with van der Waals surface area (Å²) < 4.78 is 0. The van der Waals surface area contributed by atoms with Crippen LogP contribution in [0.2, 0.25) is 0 Å². The van der Waals surface area contributed by atoms with Crippen LogP contribution < -0.4 is 4.90 Å². The summed E-state index contributed by atoms with van der Waals surface area (Å²) in [6.07, 6.45) is 2.45. The first kappa shape index (κ1) is 9.57. The quantitative estimate of drug-likeness (QED) is 0.690. The molecule has 1 nitrogen and oxygen atoms in total. The van der Waals surface area contributed by atoms with Crippen LogP contribution in [0.15, 0.2) is 18.2 Å². The molecule has 1 aromatic rings. The van der Waals surface area contributed by atoms with Gasteiger partial charge in [-0.3, -0.25) is 0 Å². The number of hydrogen-bond acceptors (Lipinski definition) is 1. The zero-order chi connectivity index (χ0) is 10.1. The minimum absolute atomic E-state index is 0.679. The second kappa shape index (κ2) is 3.64. The van der Waals surface area contributed by atoms with Gasteiger partial charge in [-0.1, -0.05) is 19.1 Å². The summed E-state index contributed by atoms with van der Waals surface area (Å²) in [6, 6.07) is 7.51. The molecule has 14 heavy (non-hydrogen) atoms. The SMILES string of the molecule is CCC(C)N1CCc2ccc(C)cc21. The van der Waals surface area contributed by atoms with E-state index in [2.05, 4.69) is 43.9 Å². The third-order valence-corrected chi connectivity index (χ3v) is 3.30. The van der Waals surface area contributed by atoms with Gasteiger partial charge in [0.15, 0.2) is 0 Å². The van der Waals surface area contributed by atoms with E-state index in [1.165, 1.54) is 36.2 Å². The highest BCUT2D eigenvalue weighted by molar-refractivity contribution is 5.60. The van der Waals surface area contributed by atoms with Crippen molar-refractivity contribution in [3.05, 3.63) is 29.3 Å². The Labute approximate surface area is 86.7 Å². The van der Waals surface area contributed by atoms with Crippen molar-refractivity contribution in [1.29, 1.82) is 0 Å². The van der Waals surface area contributed by atoms with Gasteiger partial charge in [-0.2, -0.15) is 0 Å². The Balaban J connectivity index is 2.33. The predicted octanol–water partition coefficient (Wildman–Crippen LogP) is 3.16. The maximum atomic E-state index is 2.54. The van der Waals surface area contributed by atoms with Crippen molar-refractivity contribution >= 4 is 5.69 Å². The van der Waals surface area contributed by atoms with Crippen LogP contribution >= 0.6 is 0 Å². The first-order chi connectivity index (χ1) is 6.72. The van der Waals surface area contributed by atoms with Crippen LogP contribution in [-0.2, 0) is 6.42 Å². The Bertz CT molecular complexity index is 330. The van der Waals surface area contributed by atoms with Crippen molar-refractivity contribution in [3.63, 3.8) is 0 Å². The van der Waals surface area contributed by atoms with Crippen LogP contribution in [0.25, 0.3) is 0 Å². The Morgan fingerprint density at radius 1 is 1.43 bits per heavy atom. The monoisotopic (exact) mass is 189 g/mol. The molecule has 0 aromatic heterocycles. The molecule has 0 saturated heterocycles. The Kier molecular flexibility index (Phi) is 2.49. The molecule has 0 amide bonds. The summed E-state index contributed by atoms with van der Waals surface area (Å²) in [7, 11) is 0. The lowest BCUT2D eigenvalue weighted by molar-refractivity contribution is 0.635. The van der Waals surface area contributed by atoms with Crippen LogP contribution in [0.1, 0.15) is 31.4 Å². The number of fused-ring (bicyclic) bond motifs is 1. The predicted molar refractivity (Wildman–Crippen MR) is 62.0 cm³/mol. The molecule has 1 aliphatic heterocycles. The molecule has 1 unspecified atom stereocenters. The summed E-state index contributed by atoms with van der Waals surface area (Å²) in [6.45, 7) is 7.96. The second-order valence-electron chi connectivity index (χ2n) is 4.33. The van der Waals surface area contributed by atoms with E-state index in [1.54, 1.807) is 0 Å². The third-order valence-electron chi connectivity index (χ3n) is 3.30. The number of hydrogen-bond donors (Lipinski definition) is 0. The number of aryl methyl sites for hydroxylation is 1. The van der Waals surface area contributed by atoms with Crippen LogP contribution in [0.3, 0.4) is 0 Å². The maximum Gasteiger partial charge on any atom is 0.0404 e. The average Bonchev–Trinajstić information content (AvgIpc) is 2.59. The van der Waals surface area contributed by atoms with E-state index in [1.807, 2.05) is 0 Å². The first-order valence-electron chi connectivity index (χ1n) is 5.58. The highest BCUT2D eigenvalue weighted by Crippen LogP contribution is 2.30. The minimum Gasteiger partial charge on any atom is -0.368 e. The van der Waals surface area contributed by atoms with Gasteiger partial charge in [0.25, 0.3) is 0 Å². The van der Waals surface area contributed by atoms with Crippen molar-refractivity contribution in [2.75, 3.05) is 11.4 Å². The van der Waals surface area contributed by atoms with Crippen molar-refractivity contribution in [2.45, 2.75) is 39.7 Å². The zero-order valence-corrected chi connectivity index (χ0v) is 9.38. The molecule has 1 heteroatoms. The van der Waals surface area contributed by atoms with Crippen molar-refractivity contribution < 1.29 is 0 Å². The lowest BCUT2D eigenvalue weighted by Gasteiger charge is -2.26. The Hall–Kier alpha value is -0.980. The summed E-state index contributed by atoms with van der Waals surface area (Å²) in [4.78, 5) is 2.54. The fourth-order valence-corrected chi connectivity index (χ4v) is 2.19. The van der Waals surface area contributed by atoms with E-state index in [0.29, 0.717) is 6.04 Å². The Morgan fingerprint density at radius 2 is 2.21 bits per heavy atom. The normalized spacial score (nSPS) is 16.9. The molecule has 1 atom stereocenters. The molecule has 0 spiro atoms. The van der Waals surface area contributed by atoms with Gasteiger partial charge in [0.2, 0.25) is 0 Å². The van der Waals surface area contributed by atoms with E-state index in [-0.39, 0.29) is 0 Å². The largest absolute Gasteiger partial charge is 0.368 e. The van der Waals surface area contributed by atoms with Crippen molar-refractivity contribution in [2.24, 2.45) is 0 Å². The molecule has 0 aliphatic carbocycles. The number of benzene rings is 1. The third kappa shape index (κ3) is 1.52. The summed E-state index contributed by atoms with van der Waals surface area (Å²) >= 11 is 0. The van der Waals surface area contributed by atoms with Gasteiger partial charge in [-0.25, -0.2) is 0 Å². The fourth-order valence-electron chi connectivity index (χ4n) is 2.19. The molecule has 2 rings (SSSR count). The van der Waals surface area contributed by atoms with E-state index >= 15 is 0 Å². The molecule has 0 radical (unpaired) electrons. The molecule has 0 bridgehead atoms. The maximum absolute atomic E-state index is 2.54.